The van der Waals surface area contributed by atoms with Crippen LogP contribution in [0.15, 0.2) is 48.5 Å². The molecule has 3 aromatic rings. The molecule has 0 aliphatic rings. The summed E-state index contributed by atoms with van der Waals surface area (Å²) in [6.45, 7) is 4.74. The minimum Gasteiger partial charge on any atom is -0.338 e. The van der Waals surface area contributed by atoms with Crippen LogP contribution >= 0.6 is 11.3 Å². The van der Waals surface area contributed by atoms with Crippen molar-refractivity contribution in [3.8, 4) is 10.6 Å². The summed E-state index contributed by atoms with van der Waals surface area (Å²) in [5, 5.41) is 12.1. The van der Waals surface area contributed by atoms with Crippen LogP contribution < -0.4 is 5.32 Å². The van der Waals surface area contributed by atoms with E-state index in [4.69, 9.17) is 0 Å². The summed E-state index contributed by atoms with van der Waals surface area (Å²) in [5.74, 6) is -0.854. The number of rotatable bonds is 8. The van der Waals surface area contributed by atoms with Crippen molar-refractivity contribution in [1.29, 1.82) is 0 Å². The normalized spacial score (nSPS) is 10.6. The van der Waals surface area contributed by atoms with E-state index < -0.39 is 5.82 Å². The number of anilines is 1. The van der Waals surface area contributed by atoms with Gasteiger partial charge in [0.15, 0.2) is 0 Å². The van der Waals surface area contributed by atoms with Gasteiger partial charge in [0, 0.05) is 30.6 Å². The average molecular weight is 427 g/mol. The number of hydrogen-bond acceptors (Lipinski definition) is 5. The first-order valence-electron chi connectivity index (χ1n) is 9.71. The lowest BCUT2D eigenvalue weighted by atomic mass is 10.1. The molecular formula is C22H23FN4O2S. The van der Waals surface area contributed by atoms with Crippen LogP contribution in [0.25, 0.3) is 10.6 Å². The number of carbonyl (C=O) groups is 2. The van der Waals surface area contributed by atoms with Gasteiger partial charge >= 0.3 is 0 Å². The summed E-state index contributed by atoms with van der Waals surface area (Å²) in [4.78, 5) is 26.6. The fourth-order valence-corrected chi connectivity index (χ4v) is 3.70. The van der Waals surface area contributed by atoms with Crippen molar-refractivity contribution in [1.82, 2.24) is 15.1 Å². The van der Waals surface area contributed by atoms with Gasteiger partial charge in [-0.15, -0.1) is 10.2 Å². The van der Waals surface area contributed by atoms with Crippen LogP contribution in [0.4, 0.5) is 9.52 Å². The van der Waals surface area contributed by atoms with Crippen LogP contribution in [0.3, 0.4) is 0 Å². The highest BCUT2D eigenvalue weighted by Gasteiger charge is 2.17. The maximum atomic E-state index is 13.1. The minimum absolute atomic E-state index is 0.131. The predicted molar refractivity (Wildman–Crippen MR) is 116 cm³/mol. The summed E-state index contributed by atoms with van der Waals surface area (Å²) >= 11 is 1.30. The standard InChI is InChI=1S/C22H23FN4O2S/c1-3-12-27(21(29)16-7-9-18(23)10-8-16)13-11-19(28)24-22-26-25-20(30-22)17-6-4-5-15(2)14-17/h4-10,14H,3,11-13H2,1-2H3,(H,24,26,28). The molecule has 2 aromatic carbocycles. The Bertz CT molecular complexity index is 1020. The Labute approximate surface area is 178 Å². The Morgan fingerprint density at radius 1 is 1.10 bits per heavy atom. The molecule has 156 valence electrons. The number of nitrogens with zero attached hydrogens (tertiary/aromatic N) is 3. The third-order valence-corrected chi connectivity index (χ3v) is 5.30. The van der Waals surface area contributed by atoms with Gasteiger partial charge in [0.05, 0.1) is 0 Å². The molecule has 1 heterocycles. The summed E-state index contributed by atoms with van der Waals surface area (Å²) in [6, 6.07) is 13.3. The van der Waals surface area contributed by atoms with Crippen molar-refractivity contribution in [3.63, 3.8) is 0 Å². The molecule has 30 heavy (non-hydrogen) atoms. The molecule has 0 saturated heterocycles. The molecule has 8 heteroatoms. The molecular weight excluding hydrogens is 403 g/mol. The Morgan fingerprint density at radius 2 is 1.87 bits per heavy atom. The van der Waals surface area contributed by atoms with E-state index in [0.29, 0.717) is 17.2 Å². The maximum Gasteiger partial charge on any atom is 0.253 e. The highest BCUT2D eigenvalue weighted by molar-refractivity contribution is 7.18. The quantitative estimate of drug-likeness (QED) is 0.574. The SMILES string of the molecule is CCCN(CCC(=O)Nc1nnc(-c2cccc(C)c2)s1)C(=O)c1ccc(F)cc1. The number of aryl methyl sites for hydroxylation is 1. The van der Waals surface area contributed by atoms with Crippen molar-refractivity contribution in [2.45, 2.75) is 26.7 Å². The van der Waals surface area contributed by atoms with Crippen LogP contribution in [0.5, 0.6) is 0 Å². The third kappa shape index (κ3) is 5.70. The van der Waals surface area contributed by atoms with Crippen molar-refractivity contribution in [2.24, 2.45) is 0 Å². The van der Waals surface area contributed by atoms with Crippen LogP contribution in [-0.2, 0) is 4.79 Å². The number of hydrogen-bond donors (Lipinski definition) is 1. The largest absolute Gasteiger partial charge is 0.338 e. The number of benzene rings is 2. The van der Waals surface area contributed by atoms with E-state index in [2.05, 4.69) is 15.5 Å². The molecule has 1 N–H and O–H groups in total. The smallest absolute Gasteiger partial charge is 0.253 e. The zero-order valence-electron chi connectivity index (χ0n) is 16.9. The van der Waals surface area contributed by atoms with E-state index in [0.717, 1.165) is 22.6 Å². The molecule has 1 aromatic heterocycles. The van der Waals surface area contributed by atoms with Gasteiger partial charge in [-0.2, -0.15) is 0 Å². The second kappa shape index (κ2) is 10.1. The number of amides is 2. The Morgan fingerprint density at radius 3 is 2.57 bits per heavy atom. The molecule has 0 saturated carbocycles. The maximum absolute atomic E-state index is 13.1. The van der Waals surface area contributed by atoms with Gasteiger partial charge in [0.2, 0.25) is 11.0 Å². The van der Waals surface area contributed by atoms with Gasteiger partial charge in [-0.3, -0.25) is 9.59 Å². The van der Waals surface area contributed by atoms with Crippen molar-refractivity contribution in [2.75, 3.05) is 18.4 Å². The Hall–Kier alpha value is -3.13. The van der Waals surface area contributed by atoms with E-state index in [-0.39, 0.29) is 24.8 Å². The van der Waals surface area contributed by atoms with E-state index in [1.54, 1.807) is 4.90 Å². The molecule has 0 aliphatic heterocycles. The number of aromatic nitrogens is 2. The zero-order valence-corrected chi connectivity index (χ0v) is 17.7. The molecule has 6 nitrogen and oxygen atoms in total. The Balaban J connectivity index is 1.58. The second-order valence-corrected chi connectivity index (χ2v) is 7.86. The summed E-state index contributed by atoms with van der Waals surface area (Å²) in [6.07, 6.45) is 0.886. The lowest BCUT2D eigenvalue weighted by Crippen LogP contribution is -2.34. The van der Waals surface area contributed by atoms with Crippen molar-refractivity contribution in [3.05, 3.63) is 65.5 Å². The molecule has 0 spiro atoms. The topological polar surface area (TPSA) is 75.2 Å². The lowest BCUT2D eigenvalue weighted by molar-refractivity contribution is -0.116. The summed E-state index contributed by atoms with van der Waals surface area (Å²) in [7, 11) is 0. The van der Waals surface area contributed by atoms with Crippen LogP contribution in [0.1, 0.15) is 35.7 Å². The van der Waals surface area contributed by atoms with Crippen LogP contribution in [-0.4, -0.2) is 40.0 Å². The average Bonchev–Trinajstić information content (AvgIpc) is 3.19. The third-order valence-electron chi connectivity index (χ3n) is 4.42. The molecule has 0 aliphatic carbocycles. The van der Waals surface area contributed by atoms with Gasteiger partial charge in [0.1, 0.15) is 10.8 Å². The van der Waals surface area contributed by atoms with Gasteiger partial charge in [0.25, 0.3) is 5.91 Å². The first-order valence-corrected chi connectivity index (χ1v) is 10.5. The molecule has 0 atom stereocenters. The fraction of sp³-hybridized carbons (Fsp3) is 0.273. The van der Waals surface area contributed by atoms with Crippen molar-refractivity contribution >= 4 is 28.3 Å². The van der Waals surface area contributed by atoms with Crippen molar-refractivity contribution < 1.29 is 14.0 Å². The molecule has 3 rings (SSSR count). The van der Waals surface area contributed by atoms with E-state index >= 15 is 0 Å². The summed E-state index contributed by atoms with van der Waals surface area (Å²) < 4.78 is 13.1. The monoisotopic (exact) mass is 426 g/mol. The minimum atomic E-state index is -0.393. The van der Waals surface area contributed by atoms with Gasteiger partial charge in [-0.05, 0) is 43.7 Å². The number of halogens is 1. The fourth-order valence-electron chi connectivity index (χ4n) is 2.95. The molecule has 0 fully saturated rings. The van der Waals surface area contributed by atoms with Gasteiger partial charge < -0.3 is 10.2 Å². The predicted octanol–water partition coefficient (Wildman–Crippen LogP) is 4.53. The van der Waals surface area contributed by atoms with E-state index in [1.165, 1.54) is 35.6 Å². The zero-order chi connectivity index (χ0) is 21.5. The Kier molecular flexibility index (Phi) is 7.24. The number of carbonyl (C=O) groups excluding carboxylic acids is 2. The first kappa shape index (κ1) is 21.6. The lowest BCUT2D eigenvalue weighted by Gasteiger charge is -2.22. The second-order valence-electron chi connectivity index (χ2n) is 6.88. The van der Waals surface area contributed by atoms with Gasteiger partial charge in [-0.1, -0.05) is 42.0 Å². The molecule has 2 amide bonds. The summed E-state index contributed by atoms with van der Waals surface area (Å²) in [5.41, 5.74) is 2.47. The first-order chi connectivity index (χ1) is 14.5. The molecule has 0 bridgehead atoms. The highest BCUT2D eigenvalue weighted by Crippen LogP contribution is 2.26. The van der Waals surface area contributed by atoms with E-state index in [9.17, 15) is 14.0 Å². The van der Waals surface area contributed by atoms with Crippen LogP contribution in [0, 0.1) is 12.7 Å². The molecule has 0 unspecified atom stereocenters. The van der Waals surface area contributed by atoms with Gasteiger partial charge in [-0.25, -0.2) is 4.39 Å². The highest BCUT2D eigenvalue weighted by atomic mass is 32.1. The molecule has 0 radical (unpaired) electrons. The number of nitrogens with one attached hydrogen (secondary N) is 1. The van der Waals surface area contributed by atoms with Crippen LogP contribution in [0.2, 0.25) is 0 Å². The van der Waals surface area contributed by atoms with E-state index in [1.807, 2.05) is 38.1 Å².